The fourth-order valence-corrected chi connectivity index (χ4v) is 2.71. The van der Waals surface area contributed by atoms with Gasteiger partial charge in [-0.25, -0.2) is 0 Å². The Kier molecular flexibility index (Phi) is 6.76. The number of aryl methyl sites for hydroxylation is 1. The highest BCUT2D eigenvalue weighted by atomic mass is 32.1. The third-order valence-electron chi connectivity index (χ3n) is 3.07. The normalized spacial score (nSPS) is 10.0. The maximum atomic E-state index is 11.8. The van der Waals surface area contributed by atoms with Crippen molar-refractivity contribution in [2.45, 2.75) is 13.3 Å². The lowest BCUT2D eigenvalue weighted by Crippen LogP contribution is -2.50. The molecular formula is C15H18N4O3S2. The van der Waals surface area contributed by atoms with E-state index < -0.39 is 5.91 Å². The molecule has 0 bridgehead atoms. The Morgan fingerprint density at radius 3 is 2.75 bits per heavy atom. The van der Waals surface area contributed by atoms with Gasteiger partial charge in [-0.1, -0.05) is 6.07 Å². The van der Waals surface area contributed by atoms with E-state index in [-0.39, 0.29) is 12.5 Å². The summed E-state index contributed by atoms with van der Waals surface area (Å²) < 4.78 is 5.04. The maximum absolute atomic E-state index is 11.8. The predicted molar refractivity (Wildman–Crippen MR) is 95.7 cm³/mol. The van der Waals surface area contributed by atoms with Gasteiger partial charge in [0.25, 0.3) is 11.8 Å². The van der Waals surface area contributed by atoms with Crippen LogP contribution in [-0.4, -0.2) is 30.0 Å². The van der Waals surface area contributed by atoms with Gasteiger partial charge >= 0.3 is 0 Å². The molecule has 0 aromatic carbocycles. The van der Waals surface area contributed by atoms with Gasteiger partial charge in [0.2, 0.25) is 0 Å². The molecule has 4 N–H and O–H groups in total. The van der Waals surface area contributed by atoms with E-state index in [0.29, 0.717) is 23.0 Å². The molecule has 0 radical (unpaired) electrons. The van der Waals surface area contributed by atoms with E-state index in [4.69, 9.17) is 16.6 Å². The highest BCUT2D eigenvalue weighted by Gasteiger charge is 2.12. The summed E-state index contributed by atoms with van der Waals surface area (Å²) in [5.74, 6) is -0.276. The van der Waals surface area contributed by atoms with Crippen molar-refractivity contribution in [2.75, 3.05) is 13.1 Å². The van der Waals surface area contributed by atoms with E-state index in [1.165, 1.54) is 11.1 Å². The van der Waals surface area contributed by atoms with E-state index in [1.54, 1.807) is 24.3 Å². The van der Waals surface area contributed by atoms with Gasteiger partial charge in [0, 0.05) is 11.4 Å². The van der Waals surface area contributed by atoms with Gasteiger partial charge in [-0.05, 0) is 43.1 Å². The lowest BCUT2D eigenvalue weighted by Gasteiger charge is -2.11. The summed E-state index contributed by atoms with van der Waals surface area (Å²) in [4.78, 5) is 24.7. The molecule has 24 heavy (non-hydrogen) atoms. The van der Waals surface area contributed by atoms with Crippen LogP contribution in [0.5, 0.6) is 0 Å². The number of hydrogen-bond donors (Lipinski definition) is 4. The fraction of sp³-hybridized carbons (Fsp3) is 0.267. The summed E-state index contributed by atoms with van der Waals surface area (Å²) in [6, 6.07) is 5.60. The van der Waals surface area contributed by atoms with Crippen molar-refractivity contribution in [3.8, 4) is 0 Å². The highest BCUT2D eigenvalue weighted by molar-refractivity contribution is 7.80. The highest BCUT2D eigenvalue weighted by Crippen LogP contribution is 2.08. The van der Waals surface area contributed by atoms with Gasteiger partial charge in [0.05, 0.1) is 18.4 Å². The molecule has 0 unspecified atom stereocenters. The van der Waals surface area contributed by atoms with E-state index in [1.807, 2.05) is 11.4 Å². The van der Waals surface area contributed by atoms with Crippen molar-refractivity contribution < 1.29 is 14.0 Å². The van der Waals surface area contributed by atoms with Crippen molar-refractivity contribution in [2.24, 2.45) is 0 Å². The molecule has 7 nitrogen and oxygen atoms in total. The summed E-state index contributed by atoms with van der Waals surface area (Å²) >= 11 is 6.73. The Hall–Kier alpha value is -2.39. The lowest BCUT2D eigenvalue weighted by atomic mass is 10.2. The van der Waals surface area contributed by atoms with Crippen LogP contribution in [0.4, 0.5) is 0 Å². The van der Waals surface area contributed by atoms with Crippen molar-refractivity contribution in [1.29, 1.82) is 0 Å². The number of nitrogens with one attached hydrogen (secondary N) is 4. The minimum absolute atomic E-state index is 0.172. The van der Waals surface area contributed by atoms with Crippen LogP contribution < -0.4 is 21.5 Å². The molecule has 9 heteroatoms. The lowest BCUT2D eigenvalue weighted by molar-refractivity contribution is -0.120. The standard InChI is InChI=1S/C15H18N4O3S2/c1-10-12(5-7-22-10)14(21)17-9-13(20)18-19-15(23)16-6-4-11-3-2-8-24-11/h2-3,5,7-8H,4,6,9H2,1H3,(H,17,21)(H,18,20)(H2,16,19,23). The molecule has 2 rings (SSSR count). The van der Waals surface area contributed by atoms with E-state index >= 15 is 0 Å². The number of furan rings is 1. The maximum Gasteiger partial charge on any atom is 0.257 e. The Bertz CT molecular complexity index is 697. The van der Waals surface area contributed by atoms with E-state index in [0.717, 1.165) is 6.42 Å². The second kappa shape index (κ2) is 9.04. The SMILES string of the molecule is Cc1occc1C(=O)NCC(=O)NNC(=S)NCCc1cccs1. The largest absolute Gasteiger partial charge is 0.469 e. The Balaban J connectivity index is 1.59. The number of hydrazine groups is 1. The zero-order valence-electron chi connectivity index (χ0n) is 13.0. The summed E-state index contributed by atoms with van der Waals surface area (Å²) in [5, 5.41) is 7.82. The van der Waals surface area contributed by atoms with Crippen molar-refractivity contribution >= 4 is 40.5 Å². The van der Waals surface area contributed by atoms with Crippen molar-refractivity contribution in [1.82, 2.24) is 21.5 Å². The van der Waals surface area contributed by atoms with Crippen LogP contribution in [0.3, 0.4) is 0 Å². The molecule has 0 spiro atoms. The van der Waals surface area contributed by atoms with Gasteiger partial charge < -0.3 is 15.1 Å². The van der Waals surface area contributed by atoms with E-state index in [9.17, 15) is 9.59 Å². The molecule has 0 aliphatic rings. The first kappa shape index (κ1) is 18.0. The van der Waals surface area contributed by atoms with Crippen LogP contribution >= 0.6 is 23.6 Å². The average Bonchev–Trinajstić information content (AvgIpc) is 3.22. The first-order valence-electron chi connectivity index (χ1n) is 7.23. The predicted octanol–water partition coefficient (Wildman–Crippen LogP) is 1.12. The molecular weight excluding hydrogens is 348 g/mol. The zero-order chi connectivity index (χ0) is 17.4. The molecule has 0 aliphatic heterocycles. The molecule has 2 heterocycles. The molecule has 0 saturated carbocycles. The van der Waals surface area contributed by atoms with Gasteiger partial charge in [-0.2, -0.15) is 0 Å². The summed E-state index contributed by atoms with van der Waals surface area (Å²) in [6.45, 7) is 2.17. The molecule has 2 aromatic heterocycles. The molecule has 0 atom stereocenters. The Morgan fingerprint density at radius 1 is 1.25 bits per heavy atom. The third kappa shape index (κ3) is 5.67. The molecule has 0 aliphatic carbocycles. The van der Waals surface area contributed by atoms with Crippen LogP contribution in [0.15, 0.2) is 34.3 Å². The van der Waals surface area contributed by atoms with Crippen LogP contribution in [0.25, 0.3) is 0 Å². The molecule has 2 aromatic rings. The molecule has 2 amide bonds. The van der Waals surface area contributed by atoms with Crippen molar-refractivity contribution in [3.63, 3.8) is 0 Å². The number of carbonyl (C=O) groups is 2. The third-order valence-corrected chi connectivity index (χ3v) is 4.25. The van der Waals surface area contributed by atoms with E-state index in [2.05, 4.69) is 27.6 Å². The number of rotatable bonds is 6. The first-order chi connectivity index (χ1) is 11.6. The number of hydrogen-bond acceptors (Lipinski definition) is 5. The number of amides is 2. The topological polar surface area (TPSA) is 95.4 Å². The summed E-state index contributed by atoms with van der Waals surface area (Å²) in [5.41, 5.74) is 5.40. The zero-order valence-corrected chi connectivity index (χ0v) is 14.7. The molecule has 128 valence electrons. The minimum Gasteiger partial charge on any atom is -0.469 e. The Morgan fingerprint density at radius 2 is 2.08 bits per heavy atom. The average molecular weight is 366 g/mol. The number of thiophene rings is 1. The van der Waals surface area contributed by atoms with Gasteiger partial charge in [0.1, 0.15) is 5.76 Å². The van der Waals surface area contributed by atoms with Gasteiger partial charge in [-0.15, -0.1) is 11.3 Å². The van der Waals surface area contributed by atoms with Gasteiger partial charge in [0.15, 0.2) is 5.11 Å². The second-order valence-corrected chi connectivity index (χ2v) is 6.27. The van der Waals surface area contributed by atoms with Gasteiger partial charge in [-0.3, -0.25) is 20.4 Å². The number of carbonyl (C=O) groups excluding carboxylic acids is 2. The number of thiocarbonyl (C=S) groups is 1. The van der Waals surface area contributed by atoms with Crippen LogP contribution in [-0.2, 0) is 11.2 Å². The smallest absolute Gasteiger partial charge is 0.257 e. The van der Waals surface area contributed by atoms with Crippen LogP contribution in [0, 0.1) is 6.92 Å². The minimum atomic E-state index is -0.410. The second-order valence-electron chi connectivity index (χ2n) is 4.83. The van der Waals surface area contributed by atoms with Crippen molar-refractivity contribution in [3.05, 3.63) is 46.0 Å². The van der Waals surface area contributed by atoms with Crippen LogP contribution in [0.1, 0.15) is 21.0 Å². The molecule has 0 fully saturated rings. The Labute approximate surface area is 148 Å². The monoisotopic (exact) mass is 366 g/mol. The summed E-state index contributed by atoms with van der Waals surface area (Å²) in [6.07, 6.45) is 2.28. The molecule has 0 saturated heterocycles. The quantitative estimate of drug-likeness (QED) is 0.452. The van der Waals surface area contributed by atoms with Crippen LogP contribution in [0.2, 0.25) is 0 Å². The first-order valence-corrected chi connectivity index (χ1v) is 8.52. The summed E-state index contributed by atoms with van der Waals surface area (Å²) in [7, 11) is 0. The fourth-order valence-electron chi connectivity index (χ4n) is 1.85.